The normalized spacial score (nSPS) is 11.1. The maximum Gasteiger partial charge on any atom is 0.175 e. The lowest BCUT2D eigenvalue weighted by molar-refractivity contribution is 0.298. The molecule has 7 heteroatoms. The Morgan fingerprint density at radius 3 is 2.60 bits per heavy atom. The van der Waals surface area contributed by atoms with E-state index in [-0.39, 0.29) is 6.61 Å². The predicted octanol–water partition coefficient (Wildman–Crippen LogP) is 5.19. The summed E-state index contributed by atoms with van der Waals surface area (Å²) < 4.78 is 13.3. The number of hydrogen-bond donors (Lipinski definition) is 0. The van der Waals surface area contributed by atoms with Crippen LogP contribution >= 0.6 is 11.6 Å². The Balaban J connectivity index is 1.45. The van der Waals surface area contributed by atoms with E-state index in [0.717, 1.165) is 39.2 Å². The molecule has 0 bridgehead atoms. The van der Waals surface area contributed by atoms with Gasteiger partial charge in [-0.2, -0.15) is 0 Å². The molecule has 0 saturated heterocycles. The van der Waals surface area contributed by atoms with E-state index in [4.69, 9.17) is 21.1 Å². The van der Waals surface area contributed by atoms with Crippen LogP contribution in [0.25, 0.3) is 27.7 Å². The molecule has 30 heavy (non-hydrogen) atoms. The summed E-state index contributed by atoms with van der Waals surface area (Å²) in [6.45, 7) is 0.274. The van der Waals surface area contributed by atoms with Gasteiger partial charge in [-0.25, -0.2) is 0 Å². The highest BCUT2D eigenvalue weighted by Gasteiger charge is 2.10. The van der Waals surface area contributed by atoms with E-state index >= 15 is 0 Å². The molecular weight excluding hydrogens is 400 g/mol. The van der Waals surface area contributed by atoms with Crippen LogP contribution in [0.2, 0.25) is 5.02 Å². The third kappa shape index (κ3) is 3.42. The van der Waals surface area contributed by atoms with E-state index in [0.29, 0.717) is 10.8 Å². The molecule has 2 aromatic carbocycles. The lowest BCUT2D eigenvalue weighted by Gasteiger charge is -2.09. The van der Waals surface area contributed by atoms with Crippen LogP contribution in [0.4, 0.5) is 0 Å². The van der Waals surface area contributed by atoms with Crippen molar-refractivity contribution in [2.45, 2.75) is 6.61 Å². The minimum atomic E-state index is 0.274. The van der Waals surface area contributed by atoms with Gasteiger partial charge in [0.1, 0.15) is 18.1 Å². The van der Waals surface area contributed by atoms with Crippen molar-refractivity contribution in [2.75, 3.05) is 7.11 Å². The van der Waals surface area contributed by atoms with Gasteiger partial charge in [0.15, 0.2) is 11.5 Å². The molecule has 0 radical (unpaired) electrons. The second-order valence-corrected chi connectivity index (χ2v) is 7.19. The average molecular weight is 417 g/mol. The number of pyridine rings is 2. The summed E-state index contributed by atoms with van der Waals surface area (Å²) in [6.07, 6.45) is 3.73. The molecular formula is C23H17ClN4O2. The Hall–Kier alpha value is -3.64. The number of benzene rings is 2. The van der Waals surface area contributed by atoms with E-state index in [2.05, 4.69) is 15.2 Å². The van der Waals surface area contributed by atoms with Crippen molar-refractivity contribution in [1.82, 2.24) is 19.6 Å². The van der Waals surface area contributed by atoms with Gasteiger partial charge in [0.25, 0.3) is 0 Å². The summed E-state index contributed by atoms with van der Waals surface area (Å²) >= 11 is 6.01. The summed E-state index contributed by atoms with van der Waals surface area (Å²) in [5.74, 6) is 2.19. The standard InChI is InChI=1S/C23H17ClN4O2/c1-29-18-7-8-19-20(12-18)25-11-10-21(19)30-14-23-27-26-22-9-4-16(13-28(22)23)15-2-5-17(24)6-3-15/h2-13H,14H2,1H3. The quantitative estimate of drug-likeness (QED) is 0.394. The molecule has 0 unspecified atom stereocenters. The zero-order valence-corrected chi connectivity index (χ0v) is 16.9. The minimum Gasteiger partial charge on any atom is -0.497 e. The molecule has 5 rings (SSSR count). The van der Waals surface area contributed by atoms with Gasteiger partial charge in [0, 0.05) is 28.9 Å². The van der Waals surface area contributed by atoms with Crippen molar-refractivity contribution in [3.05, 3.63) is 83.9 Å². The molecule has 6 nitrogen and oxygen atoms in total. The zero-order chi connectivity index (χ0) is 20.5. The maximum atomic E-state index is 6.09. The van der Waals surface area contributed by atoms with Gasteiger partial charge in [-0.05, 0) is 53.6 Å². The van der Waals surface area contributed by atoms with Crippen molar-refractivity contribution < 1.29 is 9.47 Å². The van der Waals surface area contributed by atoms with E-state index in [1.165, 1.54) is 0 Å². The largest absolute Gasteiger partial charge is 0.497 e. The maximum absolute atomic E-state index is 6.09. The Labute approximate surface area is 177 Å². The molecule has 0 amide bonds. The molecule has 148 valence electrons. The molecule has 0 aliphatic rings. The van der Waals surface area contributed by atoms with E-state index in [9.17, 15) is 0 Å². The third-order valence-electron chi connectivity index (χ3n) is 4.92. The van der Waals surface area contributed by atoms with Crippen LogP contribution in [-0.2, 0) is 6.61 Å². The molecule has 0 saturated carbocycles. The van der Waals surface area contributed by atoms with Gasteiger partial charge in [-0.1, -0.05) is 23.7 Å². The summed E-state index contributed by atoms with van der Waals surface area (Å²) in [5.41, 5.74) is 3.68. The second kappa shape index (κ2) is 7.65. The molecule has 0 spiro atoms. The Bertz CT molecular complexity index is 1350. The first-order chi connectivity index (χ1) is 14.7. The van der Waals surface area contributed by atoms with Crippen molar-refractivity contribution >= 4 is 28.2 Å². The van der Waals surface area contributed by atoms with Gasteiger partial charge in [-0.3, -0.25) is 9.38 Å². The number of methoxy groups -OCH3 is 1. The predicted molar refractivity (Wildman–Crippen MR) is 116 cm³/mol. The Morgan fingerprint density at radius 2 is 1.77 bits per heavy atom. The Morgan fingerprint density at radius 1 is 0.933 bits per heavy atom. The van der Waals surface area contributed by atoms with Gasteiger partial charge >= 0.3 is 0 Å². The number of nitrogens with zero attached hydrogens (tertiary/aromatic N) is 4. The van der Waals surface area contributed by atoms with E-state index in [1.54, 1.807) is 13.3 Å². The molecule has 3 heterocycles. The summed E-state index contributed by atoms with van der Waals surface area (Å²) in [6, 6.07) is 19.2. The summed E-state index contributed by atoms with van der Waals surface area (Å²) in [5, 5.41) is 10.2. The number of fused-ring (bicyclic) bond motifs is 2. The first kappa shape index (κ1) is 18.4. The van der Waals surface area contributed by atoms with Crippen LogP contribution in [0, 0.1) is 0 Å². The molecule has 0 fully saturated rings. The fraction of sp³-hybridized carbons (Fsp3) is 0.0870. The van der Waals surface area contributed by atoms with Crippen LogP contribution in [0.5, 0.6) is 11.5 Å². The lowest BCUT2D eigenvalue weighted by atomic mass is 10.1. The number of ether oxygens (including phenoxy) is 2. The first-order valence-electron chi connectivity index (χ1n) is 9.36. The molecule has 0 aliphatic carbocycles. The minimum absolute atomic E-state index is 0.274. The van der Waals surface area contributed by atoms with Crippen LogP contribution < -0.4 is 9.47 Å². The van der Waals surface area contributed by atoms with Crippen LogP contribution in [0.3, 0.4) is 0 Å². The van der Waals surface area contributed by atoms with Crippen molar-refractivity contribution in [2.24, 2.45) is 0 Å². The van der Waals surface area contributed by atoms with Gasteiger partial charge in [0.05, 0.1) is 12.6 Å². The SMILES string of the molecule is COc1ccc2c(OCc3nnc4ccc(-c5ccc(Cl)cc5)cn34)ccnc2c1. The Kier molecular flexibility index (Phi) is 4.69. The molecule has 5 aromatic rings. The average Bonchev–Trinajstić information content (AvgIpc) is 3.20. The third-order valence-corrected chi connectivity index (χ3v) is 5.17. The lowest BCUT2D eigenvalue weighted by Crippen LogP contribution is -2.02. The summed E-state index contributed by atoms with van der Waals surface area (Å²) in [7, 11) is 1.64. The molecule has 0 N–H and O–H groups in total. The number of aromatic nitrogens is 4. The topological polar surface area (TPSA) is 61.5 Å². The fourth-order valence-electron chi connectivity index (χ4n) is 3.35. The smallest absolute Gasteiger partial charge is 0.175 e. The highest BCUT2D eigenvalue weighted by atomic mass is 35.5. The summed E-state index contributed by atoms with van der Waals surface area (Å²) in [4.78, 5) is 4.39. The number of hydrogen-bond acceptors (Lipinski definition) is 5. The van der Waals surface area contributed by atoms with Crippen molar-refractivity contribution in [1.29, 1.82) is 0 Å². The number of halogens is 1. The van der Waals surface area contributed by atoms with E-state index in [1.807, 2.05) is 71.3 Å². The van der Waals surface area contributed by atoms with Crippen LogP contribution in [0.15, 0.2) is 73.1 Å². The molecule has 3 aromatic heterocycles. The van der Waals surface area contributed by atoms with Gasteiger partial charge in [-0.15, -0.1) is 10.2 Å². The first-order valence-corrected chi connectivity index (χ1v) is 9.74. The monoisotopic (exact) mass is 416 g/mol. The van der Waals surface area contributed by atoms with Crippen LogP contribution in [-0.4, -0.2) is 26.7 Å². The highest BCUT2D eigenvalue weighted by Crippen LogP contribution is 2.28. The molecule has 0 aliphatic heterocycles. The highest BCUT2D eigenvalue weighted by molar-refractivity contribution is 6.30. The fourth-order valence-corrected chi connectivity index (χ4v) is 3.47. The van der Waals surface area contributed by atoms with Crippen molar-refractivity contribution in [3.63, 3.8) is 0 Å². The van der Waals surface area contributed by atoms with Crippen LogP contribution in [0.1, 0.15) is 5.82 Å². The number of rotatable bonds is 5. The van der Waals surface area contributed by atoms with E-state index < -0.39 is 0 Å². The second-order valence-electron chi connectivity index (χ2n) is 6.75. The van der Waals surface area contributed by atoms with Gasteiger partial charge < -0.3 is 9.47 Å². The molecule has 0 atom stereocenters. The zero-order valence-electron chi connectivity index (χ0n) is 16.1. The van der Waals surface area contributed by atoms with Gasteiger partial charge in [0.2, 0.25) is 0 Å². The van der Waals surface area contributed by atoms with Crippen molar-refractivity contribution in [3.8, 4) is 22.6 Å².